The highest BCUT2D eigenvalue weighted by molar-refractivity contribution is 6.02. The van der Waals surface area contributed by atoms with Crippen LogP contribution < -0.4 is 16.0 Å². The first-order valence-corrected chi connectivity index (χ1v) is 11.2. The molecular weight excluding hydrogens is 438 g/mol. The normalized spacial score (nSPS) is 15.5. The van der Waals surface area contributed by atoms with Crippen molar-refractivity contribution in [1.82, 2.24) is 19.9 Å². The number of anilines is 2. The number of hydrogen-bond acceptors (Lipinski definition) is 5. The molecule has 2 aromatic heterocycles. The van der Waals surface area contributed by atoms with E-state index in [2.05, 4.69) is 32.1 Å². The molecule has 34 heavy (non-hydrogen) atoms. The van der Waals surface area contributed by atoms with Crippen LogP contribution >= 0.6 is 0 Å². The summed E-state index contributed by atoms with van der Waals surface area (Å²) in [7, 11) is 0. The van der Waals surface area contributed by atoms with Gasteiger partial charge in [-0.05, 0) is 47.9 Å². The van der Waals surface area contributed by atoms with Crippen LogP contribution in [-0.2, 0) is 17.6 Å². The second kappa shape index (κ2) is 7.88. The zero-order valence-corrected chi connectivity index (χ0v) is 18.3. The molecule has 0 spiro atoms. The largest absolute Gasteiger partial charge is 0.383 e. The number of nitrogens with two attached hydrogens (primary N) is 1. The van der Waals surface area contributed by atoms with Gasteiger partial charge in [0.2, 0.25) is 5.91 Å². The van der Waals surface area contributed by atoms with Crippen molar-refractivity contribution in [3.63, 3.8) is 0 Å². The molecule has 2 aromatic carbocycles. The summed E-state index contributed by atoms with van der Waals surface area (Å²) in [6, 6.07) is 9.42. The Labute approximate surface area is 194 Å². The number of fused-ring (bicyclic) bond motifs is 2. The minimum Gasteiger partial charge on any atom is -0.383 e. The number of benzene rings is 2. The molecule has 172 valence electrons. The Balaban J connectivity index is 1.34. The Hall–Kier alpha value is -3.85. The first kappa shape index (κ1) is 20.7. The highest BCUT2D eigenvalue weighted by Crippen LogP contribution is 2.38. The van der Waals surface area contributed by atoms with Crippen molar-refractivity contribution in [1.29, 1.82) is 0 Å². The molecule has 1 amide bonds. The SMILES string of the molecule is Nc1ncnc2c1c(-c1ccc3c(c1)CCN3C(=O)Cc1cc(F)ccc1F)cn2C1CNC1. The predicted molar refractivity (Wildman–Crippen MR) is 125 cm³/mol. The number of carbonyl (C=O) groups excluding carboxylic acids is 1. The number of nitrogens with zero attached hydrogens (tertiary/aromatic N) is 4. The molecule has 4 heterocycles. The standard InChI is InChI=1S/C25H22F2N6O/c26-17-2-3-20(27)16(8-17)9-22(34)32-6-5-15-7-14(1-4-21(15)32)19-12-33(18-10-29-11-18)25-23(19)24(28)30-13-31-25/h1-4,7-8,12-13,18,29H,5-6,9-11H2,(H2,28,30,31). The van der Waals surface area contributed by atoms with Crippen LogP contribution in [0.1, 0.15) is 17.2 Å². The van der Waals surface area contributed by atoms with Gasteiger partial charge >= 0.3 is 0 Å². The summed E-state index contributed by atoms with van der Waals surface area (Å²) in [5, 5.41) is 4.11. The summed E-state index contributed by atoms with van der Waals surface area (Å²) in [6.45, 7) is 2.25. The third kappa shape index (κ3) is 3.31. The molecule has 0 saturated carbocycles. The number of amides is 1. The van der Waals surface area contributed by atoms with Gasteiger partial charge in [-0.3, -0.25) is 4.79 Å². The van der Waals surface area contributed by atoms with Crippen molar-refractivity contribution in [2.75, 3.05) is 30.3 Å². The maximum atomic E-state index is 14.0. The lowest BCUT2D eigenvalue weighted by atomic mass is 10.0. The summed E-state index contributed by atoms with van der Waals surface area (Å²) in [6.07, 6.45) is 4.05. The summed E-state index contributed by atoms with van der Waals surface area (Å²) in [4.78, 5) is 23.3. The Bertz CT molecular complexity index is 1450. The quantitative estimate of drug-likeness (QED) is 0.488. The van der Waals surface area contributed by atoms with Gasteiger partial charge in [0, 0.05) is 42.6 Å². The van der Waals surface area contributed by atoms with E-state index in [4.69, 9.17) is 5.73 Å². The second-order valence-corrected chi connectivity index (χ2v) is 8.77. The van der Waals surface area contributed by atoms with Crippen LogP contribution in [0, 0.1) is 11.6 Å². The maximum absolute atomic E-state index is 14.0. The number of aromatic nitrogens is 3. The van der Waals surface area contributed by atoms with Crippen molar-refractivity contribution in [2.45, 2.75) is 18.9 Å². The van der Waals surface area contributed by atoms with E-state index in [0.717, 1.165) is 64.7 Å². The van der Waals surface area contributed by atoms with Crippen molar-refractivity contribution in [2.24, 2.45) is 0 Å². The highest BCUT2D eigenvalue weighted by atomic mass is 19.1. The molecule has 0 bridgehead atoms. The Morgan fingerprint density at radius 3 is 2.79 bits per heavy atom. The number of nitrogen functional groups attached to an aromatic ring is 1. The van der Waals surface area contributed by atoms with E-state index in [1.54, 1.807) is 4.90 Å². The van der Waals surface area contributed by atoms with Crippen LogP contribution in [0.4, 0.5) is 20.3 Å². The van der Waals surface area contributed by atoms with Crippen LogP contribution in [0.25, 0.3) is 22.2 Å². The third-order valence-electron chi connectivity index (χ3n) is 6.73. The lowest BCUT2D eigenvalue weighted by Crippen LogP contribution is -2.43. The van der Waals surface area contributed by atoms with Crippen LogP contribution in [0.5, 0.6) is 0 Å². The smallest absolute Gasteiger partial charge is 0.231 e. The molecule has 9 heteroatoms. The maximum Gasteiger partial charge on any atom is 0.231 e. The van der Waals surface area contributed by atoms with Crippen LogP contribution in [0.3, 0.4) is 0 Å². The Morgan fingerprint density at radius 2 is 2.00 bits per heavy atom. The van der Waals surface area contributed by atoms with E-state index < -0.39 is 11.6 Å². The average molecular weight is 460 g/mol. The average Bonchev–Trinajstić information content (AvgIpc) is 3.38. The molecule has 7 nitrogen and oxygen atoms in total. The molecule has 3 N–H and O–H groups in total. The minimum atomic E-state index is -0.581. The summed E-state index contributed by atoms with van der Waals surface area (Å²) >= 11 is 0. The van der Waals surface area contributed by atoms with E-state index in [1.165, 1.54) is 6.33 Å². The predicted octanol–water partition coefficient (Wildman–Crippen LogP) is 3.23. The van der Waals surface area contributed by atoms with E-state index in [0.29, 0.717) is 24.8 Å². The molecule has 4 aromatic rings. The van der Waals surface area contributed by atoms with E-state index in [1.807, 2.05) is 12.1 Å². The monoisotopic (exact) mass is 460 g/mol. The fourth-order valence-corrected chi connectivity index (χ4v) is 4.84. The Morgan fingerprint density at radius 1 is 1.15 bits per heavy atom. The molecule has 0 radical (unpaired) electrons. The first-order valence-electron chi connectivity index (χ1n) is 11.2. The van der Waals surface area contributed by atoms with Crippen LogP contribution in [0.2, 0.25) is 0 Å². The van der Waals surface area contributed by atoms with Crippen molar-refractivity contribution in [3.05, 3.63) is 71.7 Å². The molecule has 2 aliphatic heterocycles. The molecule has 0 aliphatic carbocycles. The van der Waals surface area contributed by atoms with Gasteiger partial charge in [-0.15, -0.1) is 0 Å². The summed E-state index contributed by atoms with van der Waals surface area (Å²) in [5.41, 5.74) is 10.9. The molecule has 0 unspecified atom stereocenters. The van der Waals surface area contributed by atoms with Gasteiger partial charge in [-0.1, -0.05) is 6.07 Å². The van der Waals surface area contributed by atoms with Gasteiger partial charge in [-0.25, -0.2) is 18.7 Å². The van der Waals surface area contributed by atoms with Crippen molar-refractivity contribution >= 4 is 28.4 Å². The number of rotatable bonds is 4. The van der Waals surface area contributed by atoms with Gasteiger partial charge < -0.3 is 20.5 Å². The molecule has 2 aliphatic rings. The Kier molecular flexibility index (Phi) is 4.80. The fraction of sp³-hybridized carbons (Fsp3) is 0.240. The first-order chi connectivity index (χ1) is 16.5. The topological polar surface area (TPSA) is 89.1 Å². The number of halogens is 2. The van der Waals surface area contributed by atoms with Gasteiger partial charge in [-0.2, -0.15) is 0 Å². The fourth-order valence-electron chi connectivity index (χ4n) is 4.84. The zero-order chi connectivity index (χ0) is 23.4. The van der Waals surface area contributed by atoms with Crippen molar-refractivity contribution < 1.29 is 13.6 Å². The summed E-state index contributed by atoms with van der Waals surface area (Å²) in [5.74, 6) is -0.971. The van der Waals surface area contributed by atoms with Gasteiger partial charge in [0.25, 0.3) is 0 Å². The van der Waals surface area contributed by atoms with Gasteiger partial charge in [0.05, 0.1) is 17.8 Å². The number of hydrogen-bond donors (Lipinski definition) is 2. The van der Waals surface area contributed by atoms with Crippen LogP contribution in [-0.4, -0.2) is 40.1 Å². The summed E-state index contributed by atoms with van der Waals surface area (Å²) < 4.78 is 29.7. The minimum absolute atomic E-state index is 0.0591. The van der Waals surface area contributed by atoms with E-state index in [-0.39, 0.29) is 17.9 Å². The van der Waals surface area contributed by atoms with E-state index >= 15 is 0 Å². The molecular formula is C25H22F2N6O. The van der Waals surface area contributed by atoms with E-state index in [9.17, 15) is 13.6 Å². The van der Waals surface area contributed by atoms with Gasteiger partial charge in [0.1, 0.15) is 29.4 Å². The molecule has 6 rings (SSSR count). The molecule has 1 fully saturated rings. The number of nitrogens with one attached hydrogen (secondary N) is 1. The molecule has 0 atom stereocenters. The second-order valence-electron chi connectivity index (χ2n) is 8.77. The number of carbonyl (C=O) groups is 1. The lowest BCUT2D eigenvalue weighted by Gasteiger charge is -2.28. The third-order valence-corrected chi connectivity index (χ3v) is 6.73. The lowest BCUT2D eigenvalue weighted by molar-refractivity contribution is -0.117. The highest BCUT2D eigenvalue weighted by Gasteiger charge is 2.28. The zero-order valence-electron chi connectivity index (χ0n) is 18.3. The van der Waals surface area contributed by atoms with Crippen LogP contribution in [0.15, 0.2) is 48.9 Å². The van der Waals surface area contributed by atoms with Gasteiger partial charge in [0.15, 0.2) is 0 Å². The molecule has 1 saturated heterocycles. The van der Waals surface area contributed by atoms with Crippen molar-refractivity contribution in [3.8, 4) is 11.1 Å².